The lowest BCUT2D eigenvalue weighted by Crippen LogP contribution is -2.19. The van der Waals surface area contributed by atoms with Crippen molar-refractivity contribution in [3.8, 4) is 0 Å². The van der Waals surface area contributed by atoms with Crippen molar-refractivity contribution in [1.82, 2.24) is 14.0 Å². The largest absolute Gasteiger partial charge is 0.465 e. The fourth-order valence-corrected chi connectivity index (χ4v) is 2.17. The van der Waals surface area contributed by atoms with Crippen molar-refractivity contribution >= 4 is 22.5 Å². The van der Waals surface area contributed by atoms with E-state index in [1.807, 2.05) is 0 Å². The van der Waals surface area contributed by atoms with Crippen molar-refractivity contribution in [3.63, 3.8) is 0 Å². The molecule has 0 saturated heterocycles. The lowest BCUT2D eigenvalue weighted by molar-refractivity contribution is 0.0601. The van der Waals surface area contributed by atoms with Crippen LogP contribution in [0.25, 0.3) is 16.6 Å². The smallest absolute Gasteiger partial charge is 0.337 e. The number of rotatable bonds is 1. The van der Waals surface area contributed by atoms with E-state index < -0.39 is 5.97 Å². The molecular weight excluding hydrogens is 246 g/mol. The van der Waals surface area contributed by atoms with E-state index >= 15 is 0 Å². The number of carbonyl (C=O) groups is 1. The summed E-state index contributed by atoms with van der Waals surface area (Å²) in [5.74, 6) is -0.413. The first-order chi connectivity index (χ1) is 9.13. The molecule has 0 radical (unpaired) electrons. The number of aromatic nitrogens is 3. The number of methoxy groups -OCH3 is 1. The van der Waals surface area contributed by atoms with E-state index in [1.54, 1.807) is 36.0 Å². The second kappa shape index (κ2) is 3.94. The van der Waals surface area contributed by atoms with Gasteiger partial charge in [-0.1, -0.05) is 0 Å². The molecule has 2 aromatic heterocycles. The molecule has 0 aliphatic carbocycles. The van der Waals surface area contributed by atoms with Crippen LogP contribution in [0, 0.1) is 0 Å². The number of aryl methyl sites for hydroxylation is 1. The maximum absolute atomic E-state index is 12.1. The minimum Gasteiger partial charge on any atom is -0.465 e. The third kappa shape index (κ3) is 1.53. The number of carbonyl (C=O) groups excluding carboxylic acids is 1. The second-order valence-electron chi connectivity index (χ2n) is 4.21. The molecule has 3 aromatic rings. The van der Waals surface area contributed by atoms with Gasteiger partial charge >= 0.3 is 5.97 Å². The van der Waals surface area contributed by atoms with E-state index in [0.717, 1.165) is 11.0 Å². The van der Waals surface area contributed by atoms with Crippen LogP contribution in [-0.4, -0.2) is 27.0 Å². The van der Waals surface area contributed by atoms with Crippen molar-refractivity contribution in [1.29, 1.82) is 0 Å². The highest BCUT2D eigenvalue weighted by molar-refractivity contribution is 5.94. The zero-order chi connectivity index (χ0) is 13.6. The lowest BCUT2D eigenvalue weighted by Gasteiger charge is -2.08. The van der Waals surface area contributed by atoms with E-state index in [4.69, 9.17) is 4.74 Å². The molecule has 0 bridgehead atoms. The molecule has 0 N–H and O–H groups in total. The number of esters is 1. The molecule has 0 unspecified atom stereocenters. The number of ether oxygens (including phenoxy) is 1. The highest BCUT2D eigenvalue weighted by Crippen LogP contribution is 2.16. The Morgan fingerprint density at radius 2 is 2.05 bits per heavy atom. The maximum Gasteiger partial charge on any atom is 0.337 e. The zero-order valence-electron chi connectivity index (χ0n) is 10.5. The Balaban J connectivity index is 2.48. The Labute approximate surface area is 107 Å². The van der Waals surface area contributed by atoms with Gasteiger partial charge in [0.1, 0.15) is 5.52 Å². The summed E-state index contributed by atoms with van der Waals surface area (Å²) in [5.41, 5.74) is 2.23. The molecular formula is C13H11N3O3. The highest BCUT2D eigenvalue weighted by atomic mass is 16.5. The molecule has 6 nitrogen and oxygen atoms in total. The predicted molar refractivity (Wildman–Crippen MR) is 69.3 cm³/mol. The third-order valence-corrected chi connectivity index (χ3v) is 3.18. The van der Waals surface area contributed by atoms with Gasteiger partial charge in [-0.15, -0.1) is 0 Å². The van der Waals surface area contributed by atoms with Crippen LogP contribution >= 0.6 is 0 Å². The highest BCUT2D eigenvalue weighted by Gasteiger charge is 2.12. The van der Waals surface area contributed by atoms with Crippen LogP contribution in [0.2, 0.25) is 0 Å². The molecule has 0 atom stereocenters. The summed E-state index contributed by atoms with van der Waals surface area (Å²) in [5, 5.41) is 0. The molecule has 2 heterocycles. The summed E-state index contributed by atoms with van der Waals surface area (Å²) in [7, 11) is 3.02. The average Bonchev–Trinajstić information content (AvgIpc) is 2.93. The van der Waals surface area contributed by atoms with Crippen molar-refractivity contribution in [3.05, 3.63) is 46.6 Å². The van der Waals surface area contributed by atoms with Crippen molar-refractivity contribution in [2.24, 2.45) is 7.05 Å². The van der Waals surface area contributed by atoms with Crippen LogP contribution in [0.15, 0.2) is 35.5 Å². The number of hydrogen-bond acceptors (Lipinski definition) is 4. The van der Waals surface area contributed by atoms with Crippen LogP contribution in [0.5, 0.6) is 0 Å². The Bertz CT molecular complexity index is 861. The lowest BCUT2D eigenvalue weighted by atomic mass is 10.2. The zero-order valence-corrected chi connectivity index (χ0v) is 10.5. The molecule has 1 aromatic carbocycles. The standard InChI is InChI=1S/C13H11N3O3/c1-15-9-4-3-8(13(18)19-2)5-10(9)16-7-14-6-11(16)12(15)17/h3-7H,1-2H3. The van der Waals surface area contributed by atoms with Gasteiger partial charge in [0.2, 0.25) is 0 Å². The van der Waals surface area contributed by atoms with E-state index in [9.17, 15) is 9.59 Å². The number of benzene rings is 1. The van der Waals surface area contributed by atoms with Gasteiger partial charge in [0, 0.05) is 7.05 Å². The van der Waals surface area contributed by atoms with Gasteiger partial charge in [0.05, 0.1) is 36.2 Å². The summed E-state index contributed by atoms with van der Waals surface area (Å²) in [4.78, 5) is 27.6. The van der Waals surface area contributed by atoms with E-state index in [-0.39, 0.29) is 5.56 Å². The summed E-state index contributed by atoms with van der Waals surface area (Å²) < 4.78 is 7.91. The van der Waals surface area contributed by atoms with Gasteiger partial charge in [0.15, 0.2) is 0 Å². The first-order valence-electron chi connectivity index (χ1n) is 5.66. The van der Waals surface area contributed by atoms with Crippen LogP contribution in [0.1, 0.15) is 10.4 Å². The number of imidazole rings is 1. The Kier molecular flexibility index (Phi) is 2.38. The van der Waals surface area contributed by atoms with Gasteiger partial charge in [-0.2, -0.15) is 0 Å². The summed E-state index contributed by atoms with van der Waals surface area (Å²) in [6, 6.07) is 5.05. The topological polar surface area (TPSA) is 65.6 Å². The van der Waals surface area contributed by atoms with Crippen LogP contribution in [0.3, 0.4) is 0 Å². The summed E-state index contributed by atoms with van der Waals surface area (Å²) in [6.07, 6.45) is 3.06. The van der Waals surface area contributed by atoms with Gasteiger partial charge in [0.25, 0.3) is 5.56 Å². The number of fused-ring (bicyclic) bond motifs is 3. The first kappa shape index (κ1) is 11.5. The minimum absolute atomic E-state index is 0.129. The monoisotopic (exact) mass is 257 g/mol. The SMILES string of the molecule is COC(=O)c1ccc2c(c1)n1cncc1c(=O)n2C. The Morgan fingerprint density at radius 3 is 2.79 bits per heavy atom. The van der Waals surface area contributed by atoms with Crippen LogP contribution in [0.4, 0.5) is 0 Å². The molecule has 96 valence electrons. The van der Waals surface area contributed by atoms with E-state index in [2.05, 4.69) is 4.98 Å². The molecule has 19 heavy (non-hydrogen) atoms. The molecule has 6 heteroatoms. The maximum atomic E-state index is 12.1. The number of nitrogens with zero attached hydrogens (tertiary/aromatic N) is 3. The quantitative estimate of drug-likeness (QED) is 0.609. The van der Waals surface area contributed by atoms with Gasteiger partial charge in [-0.25, -0.2) is 9.78 Å². The molecule has 0 aliphatic rings. The summed E-state index contributed by atoms with van der Waals surface area (Å²) >= 11 is 0. The third-order valence-electron chi connectivity index (χ3n) is 3.18. The second-order valence-corrected chi connectivity index (χ2v) is 4.21. The fourth-order valence-electron chi connectivity index (χ4n) is 2.17. The van der Waals surface area contributed by atoms with E-state index in [1.165, 1.54) is 17.9 Å². The normalized spacial score (nSPS) is 11.1. The first-order valence-corrected chi connectivity index (χ1v) is 5.66. The van der Waals surface area contributed by atoms with Gasteiger partial charge in [-0.3, -0.25) is 9.20 Å². The molecule has 0 amide bonds. The average molecular weight is 257 g/mol. The molecule has 0 spiro atoms. The molecule has 0 saturated carbocycles. The molecule has 0 aliphatic heterocycles. The van der Waals surface area contributed by atoms with Crippen LogP contribution in [-0.2, 0) is 11.8 Å². The van der Waals surface area contributed by atoms with Gasteiger partial charge < -0.3 is 9.30 Å². The Hall–Kier alpha value is -2.63. The van der Waals surface area contributed by atoms with Crippen molar-refractivity contribution < 1.29 is 9.53 Å². The predicted octanol–water partition coefficient (Wildman–Crippen LogP) is 0.973. The summed E-state index contributed by atoms with van der Waals surface area (Å²) in [6.45, 7) is 0. The molecule has 0 fully saturated rings. The molecule has 3 rings (SSSR count). The van der Waals surface area contributed by atoms with Crippen molar-refractivity contribution in [2.75, 3.05) is 7.11 Å². The van der Waals surface area contributed by atoms with E-state index in [0.29, 0.717) is 11.1 Å². The minimum atomic E-state index is -0.413. The van der Waals surface area contributed by atoms with Gasteiger partial charge in [-0.05, 0) is 18.2 Å². The Morgan fingerprint density at radius 1 is 1.26 bits per heavy atom. The fraction of sp³-hybridized carbons (Fsp3) is 0.154. The van der Waals surface area contributed by atoms with Crippen LogP contribution < -0.4 is 5.56 Å². The van der Waals surface area contributed by atoms with Crippen molar-refractivity contribution in [2.45, 2.75) is 0 Å². The number of hydrogen-bond donors (Lipinski definition) is 0.